The van der Waals surface area contributed by atoms with Crippen molar-refractivity contribution in [2.24, 2.45) is 0 Å². The van der Waals surface area contributed by atoms with Gasteiger partial charge in [0.25, 0.3) is 0 Å². The summed E-state index contributed by atoms with van der Waals surface area (Å²) in [6, 6.07) is 8.52. The van der Waals surface area contributed by atoms with E-state index in [1.807, 2.05) is 23.5 Å². The molecule has 0 radical (unpaired) electrons. The van der Waals surface area contributed by atoms with Crippen LogP contribution in [-0.4, -0.2) is 10.7 Å². The fraction of sp³-hybridized carbons (Fsp3) is 0.250. The molecule has 1 N–H and O–H groups in total. The molecule has 0 aliphatic carbocycles. The number of nitrogens with one attached hydrogen (secondary N) is 1. The summed E-state index contributed by atoms with van der Waals surface area (Å²) in [4.78, 5) is 6.63. The molecule has 0 saturated carbocycles. The first-order chi connectivity index (χ1) is 7.88. The van der Waals surface area contributed by atoms with Crippen molar-refractivity contribution in [1.29, 1.82) is 0 Å². The molecular weight excluding hydrogens is 236 g/mol. The summed E-state index contributed by atoms with van der Waals surface area (Å²) in [5, 5.41) is 3.40. The standard InChI is InChI=1S/C12H14N2S2/c1-2-15-11-5-3-4-10(6-11)14-8-12-7-13-9-16-12/h3-7,9,14H,2,8H2,1H3. The van der Waals surface area contributed by atoms with Gasteiger partial charge in [-0.05, 0) is 24.0 Å². The molecule has 0 aliphatic rings. The number of benzene rings is 1. The molecule has 1 aromatic carbocycles. The molecule has 2 rings (SSSR count). The number of rotatable bonds is 5. The average molecular weight is 250 g/mol. The molecule has 0 bridgehead atoms. The van der Waals surface area contributed by atoms with E-state index < -0.39 is 0 Å². The van der Waals surface area contributed by atoms with Crippen molar-refractivity contribution in [2.75, 3.05) is 11.1 Å². The molecule has 4 heteroatoms. The van der Waals surface area contributed by atoms with E-state index in [1.165, 1.54) is 15.5 Å². The first-order valence-electron chi connectivity index (χ1n) is 5.22. The molecule has 0 spiro atoms. The van der Waals surface area contributed by atoms with E-state index in [2.05, 4.69) is 41.5 Å². The summed E-state index contributed by atoms with van der Waals surface area (Å²) in [6.07, 6.45) is 1.91. The van der Waals surface area contributed by atoms with Gasteiger partial charge in [-0.1, -0.05) is 13.0 Å². The Morgan fingerprint density at radius 3 is 3.12 bits per heavy atom. The molecule has 0 unspecified atom stereocenters. The third kappa shape index (κ3) is 3.25. The molecule has 16 heavy (non-hydrogen) atoms. The number of hydrogen-bond acceptors (Lipinski definition) is 4. The zero-order valence-corrected chi connectivity index (χ0v) is 10.8. The van der Waals surface area contributed by atoms with Crippen molar-refractivity contribution in [2.45, 2.75) is 18.4 Å². The number of aromatic nitrogens is 1. The Labute approximate surface area is 104 Å². The van der Waals surface area contributed by atoms with Gasteiger partial charge >= 0.3 is 0 Å². The van der Waals surface area contributed by atoms with Crippen molar-refractivity contribution < 1.29 is 0 Å². The second kappa shape index (κ2) is 5.92. The van der Waals surface area contributed by atoms with Gasteiger partial charge < -0.3 is 5.32 Å². The van der Waals surface area contributed by atoms with Crippen molar-refractivity contribution in [3.05, 3.63) is 40.8 Å². The molecule has 84 valence electrons. The number of anilines is 1. The van der Waals surface area contributed by atoms with Crippen LogP contribution in [0.1, 0.15) is 11.8 Å². The maximum absolute atomic E-state index is 4.06. The highest BCUT2D eigenvalue weighted by Gasteiger charge is 1.97. The largest absolute Gasteiger partial charge is 0.380 e. The van der Waals surface area contributed by atoms with Gasteiger partial charge in [0.1, 0.15) is 0 Å². The molecule has 2 nitrogen and oxygen atoms in total. The van der Waals surface area contributed by atoms with E-state index in [4.69, 9.17) is 0 Å². The lowest BCUT2D eigenvalue weighted by Gasteiger charge is -2.06. The predicted molar refractivity (Wildman–Crippen MR) is 72.3 cm³/mol. The highest BCUT2D eigenvalue weighted by atomic mass is 32.2. The summed E-state index contributed by atoms with van der Waals surface area (Å²) in [7, 11) is 0. The fourth-order valence-corrected chi connectivity index (χ4v) is 2.63. The van der Waals surface area contributed by atoms with Crippen LogP contribution < -0.4 is 5.32 Å². The zero-order chi connectivity index (χ0) is 11.2. The maximum Gasteiger partial charge on any atom is 0.0794 e. The molecule has 0 aliphatic heterocycles. The van der Waals surface area contributed by atoms with Crippen molar-refractivity contribution in [3.63, 3.8) is 0 Å². The molecule has 0 atom stereocenters. The molecule has 1 aromatic heterocycles. The molecule has 2 aromatic rings. The van der Waals surface area contributed by atoms with Crippen molar-refractivity contribution in [1.82, 2.24) is 4.98 Å². The monoisotopic (exact) mass is 250 g/mol. The fourth-order valence-electron chi connectivity index (χ4n) is 1.38. The third-order valence-electron chi connectivity index (χ3n) is 2.10. The first-order valence-corrected chi connectivity index (χ1v) is 7.09. The third-order valence-corrected chi connectivity index (χ3v) is 3.75. The average Bonchev–Trinajstić information content (AvgIpc) is 2.80. The number of nitrogens with zero attached hydrogens (tertiary/aromatic N) is 1. The molecule has 0 amide bonds. The molecular formula is C12H14N2S2. The maximum atomic E-state index is 4.06. The van der Waals surface area contributed by atoms with E-state index >= 15 is 0 Å². The number of hydrogen-bond donors (Lipinski definition) is 1. The van der Waals surface area contributed by atoms with Gasteiger partial charge in [-0.25, -0.2) is 0 Å². The van der Waals surface area contributed by atoms with E-state index in [1.54, 1.807) is 11.3 Å². The van der Waals surface area contributed by atoms with E-state index in [0.29, 0.717) is 0 Å². The van der Waals surface area contributed by atoms with E-state index in [-0.39, 0.29) is 0 Å². The van der Waals surface area contributed by atoms with Crippen LogP contribution in [0, 0.1) is 0 Å². The Morgan fingerprint density at radius 1 is 1.44 bits per heavy atom. The summed E-state index contributed by atoms with van der Waals surface area (Å²) in [6.45, 7) is 3.02. The Kier molecular flexibility index (Phi) is 4.25. The molecule has 0 saturated heterocycles. The second-order valence-electron chi connectivity index (χ2n) is 3.28. The van der Waals surface area contributed by atoms with Crippen LogP contribution in [0.3, 0.4) is 0 Å². The normalized spacial score (nSPS) is 10.3. The number of thioether (sulfide) groups is 1. The second-order valence-corrected chi connectivity index (χ2v) is 5.59. The lowest BCUT2D eigenvalue weighted by Crippen LogP contribution is -1.97. The smallest absolute Gasteiger partial charge is 0.0794 e. The van der Waals surface area contributed by atoms with Crippen LogP contribution in [0.15, 0.2) is 40.9 Å². The van der Waals surface area contributed by atoms with Gasteiger partial charge in [0.2, 0.25) is 0 Å². The minimum Gasteiger partial charge on any atom is -0.380 e. The Hall–Kier alpha value is -1.000. The van der Waals surface area contributed by atoms with Crippen molar-refractivity contribution in [3.8, 4) is 0 Å². The SMILES string of the molecule is CCSc1cccc(NCc2cncs2)c1. The zero-order valence-electron chi connectivity index (χ0n) is 9.14. The Bertz CT molecular complexity index is 426. The minimum atomic E-state index is 0.852. The first kappa shape index (κ1) is 11.5. The lowest BCUT2D eigenvalue weighted by atomic mass is 10.3. The van der Waals surface area contributed by atoms with Gasteiger partial charge in [-0.3, -0.25) is 4.98 Å². The van der Waals surface area contributed by atoms with Crippen LogP contribution in [-0.2, 0) is 6.54 Å². The predicted octanol–water partition coefficient (Wildman–Crippen LogP) is 3.87. The van der Waals surface area contributed by atoms with E-state index in [9.17, 15) is 0 Å². The van der Waals surface area contributed by atoms with Gasteiger partial charge in [-0.15, -0.1) is 23.1 Å². The molecule has 0 fully saturated rings. The van der Waals surface area contributed by atoms with Gasteiger partial charge in [0.05, 0.1) is 12.1 Å². The highest BCUT2D eigenvalue weighted by Crippen LogP contribution is 2.21. The Balaban J connectivity index is 1.96. The summed E-state index contributed by atoms with van der Waals surface area (Å²) in [5.41, 5.74) is 3.03. The summed E-state index contributed by atoms with van der Waals surface area (Å²) < 4.78 is 0. The van der Waals surface area contributed by atoms with Gasteiger partial charge in [-0.2, -0.15) is 0 Å². The van der Waals surface area contributed by atoms with Crippen molar-refractivity contribution >= 4 is 28.8 Å². The summed E-state index contributed by atoms with van der Waals surface area (Å²) in [5.74, 6) is 1.11. The highest BCUT2D eigenvalue weighted by molar-refractivity contribution is 7.99. The lowest BCUT2D eigenvalue weighted by molar-refractivity contribution is 1.17. The van der Waals surface area contributed by atoms with Crippen LogP contribution in [0.4, 0.5) is 5.69 Å². The number of thiazole rings is 1. The topological polar surface area (TPSA) is 24.9 Å². The van der Waals surface area contributed by atoms with Crippen LogP contribution in [0.2, 0.25) is 0 Å². The minimum absolute atomic E-state index is 0.852. The Morgan fingerprint density at radius 2 is 2.38 bits per heavy atom. The van der Waals surface area contributed by atoms with Crippen LogP contribution in [0.5, 0.6) is 0 Å². The van der Waals surface area contributed by atoms with E-state index in [0.717, 1.165) is 12.3 Å². The van der Waals surface area contributed by atoms with Crippen LogP contribution in [0.25, 0.3) is 0 Å². The van der Waals surface area contributed by atoms with Gasteiger partial charge in [0, 0.05) is 21.7 Å². The molecule has 1 heterocycles. The summed E-state index contributed by atoms with van der Waals surface area (Å²) >= 11 is 3.54. The van der Waals surface area contributed by atoms with Crippen LogP contribution >= 0.6 is 23.1 Å². The quantitative estimate of drug-likeness (QED) is 0.815. The van der Waals surface area contributed by atoms with Gasteiger partial charge in [0.15, 0.2) is 0 Å².